The van der Waals surface area contributed by atoms with E-state index in [-0.39, 0.29) is 5.82 Å². The number of carbonyl (C=O) groups is 1. The van der Waals surface area contributed by atoms with Crippen molar-refractivity contribution in [2.24, 2.45) is 0 Å². The van der Waals surface area contributed by atoms with Crippen LogP contribution < -0.4 is 4.90 Å². The van der Waals surface area contributed by atoms with Gasteiger partial charge < -0.3 is 9.64 Å². The molecule has 0 aromatic carbocycles. The Bertz CT molecular complexity index is 476. The molecule has 0 spiro atoms. The lowest BCUT2D eigenvalue weighted by Gasteiger charge is -2.24. The van der Waals surface area contributed by atoms with E-state index in [1.807, 2.05) is 0 Å². The fourth-order valence-electron chi connectivity index (χ4n) is 2.17. The van der Waals surface area contributed by atoms with Crippen LogP contribution in [-0.4, -0.2) is 30.6 Å². The maximum Gasteiger partial charge on any atom is 0.416 e. The second kappa shape index (κ2) is 5.07. The summed E-state index contributed by atoms with van der Waals surface area (Å²) in [6, 6.07) is 1.31. The van der Waals surface area contributed by atoms with Crippen LogP contribution in [0.25, 0.3) is 0 Å². The summed E-state index contributed by atoms with van der Waals surface area (Å²) in [5, 5.41) is 0. The predicted molar refractivity (Wildman–Crippen MR) is 61.6 cm³/mol. The zero-order chi connectivity index (χ0) is 14.0. The molecule has 1 aliphatic rings. The van der Waals surface area contributed by atoms with Gasteiger partial charge >= 0.3 is 12.1 Å². The normalized spacial score (nSPS) is 19.6. The third kappa shape index (κ3) is 2.80. The molecule has 1 unspecified atom stereocenters. The van der Waals surface area contributed by atoms with E-state index in [2.05, 4.69) is 9.72 Å². The highest BCUT2D eigenvalue weighted by Gasteiger charge is 2.35. The average molecular weight is 274 g/mol. The summed E-state index contributed by atoms with van der Waals surface area (Å²) in [6.45, 7) is 0.494. The largest absolute Gasteiger partial charge is 0.467 e. The van der Waals surface area contributed by atoms with Crippen molar-refractivity contribution < 1.29 is 22.7 Å². The van der Waals surface area contributed by atoms with E-state index in [4.69, 9.17) is 0 Å². The highest BCUT2D eigenvalue weighted by atomic mass is 19.4. The van der Waals surface area contributed by atoms with Gasteiger partial charge in [0.2, 0.25) is 0 Å². The van der Waals surface area contributed by atoms with Crippen molar-refractivity contribution in [2.75, 3.05) is 18.6 Å². The van der Waals surface area contributed by atoms with Crippen LogP contribution in [0.5, 0.6) is 0 Å². The van der Waals surface area contributed by atoms with Crippen molar-refractivity contribution >= 4 is 11.8 Å². The fraction of sp³-hybridized carbons (Fsp3) is 0.500. The van der Waals surface area contributed by atoms with Gasteiger partial charge in [0.1, 0.15) is 11.9 Å². The van der Waals surface area contributed by atoms with E-state index in [0.29, 0.717) is 13.0 Å². The van der Waals surface area contributed by atoms with Gasteiger partial charge in [0, 0.05) is 12.7 Å². The van der Waals surface area contributed by atoms with Gasteiger partial charge in [-0.1, -0.05) is 0 Å². The first-order chi connectivity index (χ1) is 8.93. The van der Waals surface area contributed by atoms with Gasteiger partial charge in [-0.3, -0.25) is 0 Å². The minimum Gasteiger partial charge on any atom is -0.467 e. The molecule has 1 fully saturated rings. The first-order valence-corrected chi connectivity index (χ1v) is 5.81. The van der Waals surface area contributed by atoms with E-state index in [1.54, 1.807) is 4.90 Å². The summed E-state index contributed by atoms with van der Waals surface area (Å²) in [6.07, 6.45) is -2.04. The van der Waals surface area contributed by atoms with Crippen molar-refractivity contribution in [1.82, 2.24) is 4.98 Å². The number of halogens is 3. The van der Waals surface area contributed by atoms with Gasteiger partial charge in [0.25, 0.3) is 0 Å². The van der Waals surface area contributed by atoms with Crippen molar-refractivity contribution in [3.63, 3.8) is 0 Å². The number of anilines is 1. The Labute approximate surface area is 108 Å². The zero-order valence-corrected chi connectivity index (χ0v) is 10.3. The Morgan fingerprint density at radius 1 is 1.53 bits per heavy atom. The molecule has 1 aliphatic heterocycles. The van der Waals surface area contributed by atoms with Crippen LogP contribution in [0.2, 0.25) is 0 Å². The molecule has 19 heavy (non-hydrogen) atoms. The zero-order valence-electron chi connectivity index (χ0n) is 10.3. The van der Waals surface area contributed by atoms with Gasteiger partial charge in [-0.2, -0.15) is 13.2 Å². The Hall–Kier alpha value is -1.79. The molecule has 0 N–H and O–H groups in total. The second-order valence-corrected chi connectivity index (χ2v) is 4.28. The molecule has 4 nitrogen and oxygen atoms in total. The van der Waals surface area contributed by atoms with Crippen molar-refractivity contribution in [3.8, 4) is 0 Å². The van der Waals surface area contributed by atoms with Gasteiger partial charge in [-0.05, 0) is 25.0 Å². The molecule has 2 rings (SSSR count). The maximum atomic E-state index is 12.6. The molecule has 2 heterocycles. The number of methoxy groups -OCH3 is 1. The quantitative estimate of drug-likeness (QED) is 0.776. The second-order valence-electron chi connectivity index (χ2n) is 4.28. The van der Waals surface area contributed by atoms with E-state index < -0.39 is 23.8 Å². The Morgan fingerprint density at radius 3 is 2.89 bits per heavy atom. The minimum absolute atomic E-state index is 0.155. The number of ether oxygens (including phenoxy) is 1. The monoisotopic (exact) mass is 274 g/mol. The molecule has 0 saturated carbocycles. The fourth-order valence-corrected chi connectivity index (χ4v) is 2.17. The summed E-state index contributed by atoms with van der Waals surface area (Å²) in [4.78, 5) is 17.0. The van der Waals surface area contributed by atoms with Crippen molar-refractivity contribution in [3.05, 3.63) is 23.9 Å². The molecule has 104 valence electrons. The highest BCUT2D eigenvalue weighted by molar-refractivity contribution is 5.80. The lowest BCUT2D eigenvalue weighted by Crippen LogP contribution is -2.37. The Balaban J connectivity index is 2.29. The lowest BCUT2D eigenvalue weighted by molar-refractivity contribution is -0.142. The topological polar surface area (TPSA) is 42.4 Å². The molecule has 1 aromatic heterocycles. The molecule has 0 bridgehead atoms. The van der Waals surface area contributed by atoms with E-state index in [1.165, 1.54) is 7.11 Å². The van der Waals surface area contributed by atoms with Crippen LogP contribution in [0.3, 0.4) is 0 Å². The molecule has 0 radical (unpaired) electrons. The van der Waals surface area contributed by atoms with Crippen LogP contribution in [0.4, 0.5) is 19.0 Å². The number of pyridine rings is 1. The number of aromatic nitrogens is 1. The summed E-state index contributed by atoms with van der Waals surface area (Å²) < 4.78 is 42.6. The van der Waals surface area contributed by atoms with Crippen molar-refractivity contribution in [1.29, 1.82) is 0 Å². The number of carbonyl (C=O) groups excluding carboxylic acids is 1. The first kappa shape index (κ1) is 13.6. The maximum absolute atomic E-state index is 12.6. The highest BCUT2D eigenvalue weighted by Crippen LogP contribution is 2.32. The Kier molecular flexibility index (Phi) is 3.64. The van der Waals surface area contributed by atoms with Crippen LogP contribution in [0.15, 0.2) is 18.3 Å². The first-order valence-electron chi connectivity index (χ1n) is 5.81. The van der Waals surface area contributed by atoms with Crippen molar-refractivity contribution in [2.45, 2.75) is 25.1 Å². The number of esters is 1. The minimum atomic E-state index is -4.42. The number of alkyl halides is 3. The number of nitrogens with zero attached hydrogens (tertiary/aromatic N) is 2. The van der Waals surface area contributed by atoms with Gasteiger partial charge in [0.15, 0.2) is 0 Å². The average Bonchev–Trinajstić information content (AvgIpc) is 2.86. The van der Waals surface area contributed by atoms with E-state index in [9.17, 15) is 18.0 Å². The Morgan fingerprint density at radius 2 is 2.26 bits per heavy atom. The van der Waals surface area contributed by atoms with Crippen LogP contribution >= 0.6 is 0 Å². The third-order valence-corrected chi connectivity index (χ3v) is 3.09. The molecule has 1 atom stereocenters. The number of rotatable bonds is 2. The lowest BCUT2D eigenvalue weighted by atomic mass is 10.2. The standard InChI is InChI=1S/C12H13F3N2O2/c1-19-11(18)9-3-2-6-17(9)10-7-8(4-5-16-10)12(13,14)15/h4-5,7,9H,2-3,6H2,1H3. The van der Waals surface area contributed by atoms with Crippen LogP contribution in [0, 0.1) is 0 Å². The predicted octanol–water partition coefficient (Wildman–Crippen LogP) is 2.24. The molecule has 1 saturated heterocycles. The molecular weight excluding hydrogens is 261 g/mol. The SMILES string of the molecule is COC(=O)C1CCCN1c1cc(C(F)(F)F)ccn1. The van der Waals surface area contributed by atoms with Gasteiger partial charge in [0.05, 0.1) is 12.7 Å². The molecule has 7 heteroatoms. The summed E-state index contributed by atoms with van der Waals surface area (Å²) in [7, 11) is 1.26. The smallest absolute Gasteiger partial charge is 0.416 e. The molecular formula is C12H13F3N2O2. The summed E-state index contributed by atoms with van der Waals surface area (Å²) in [5.41, 5.74) is -0.770. The van der Waals surface area contributed by atoms with E-state index in [0.717, 1.165) is 24.8 Å². The van der Waals surface area contributed by atoms with Crippen LogP contribution in [-0.2, 0) is 15.7 Å². The summed E-state index contributed by atoms with van der Waals surface area (Å²) >= 11 is 0. The van der Waals surface area contributed by atoms with Gasteiger partial charge in [-0.15, -0.1) is 0 Å². The third-order valence-electron chi connectivity index (χ3n) is 3.09. The van der Waals surface area contributed by atoms with Crippen LogP contribution in [0.1, 0.15) is 18.4 Å². The molecule has 0 amide bonds. The van der Waals surface area contributed by atoms with Gasteiger partial charge in [-0.25, -0.2) is 9.78 Å². The number of hydrogen-bond donors (Lipinski definition) is 0. The molecule has 0 aliphatic carbocycles. The summed E-state index contributed by atoms with van der Waals surface area (Å²) in [5.74, 6) is -0.292. The number of hydrogen-bond acceptors (Lipinski definition) is 4. The van der Waals surface area contributed by atoms with E-state index >= 15 is 0 Å². The molecule has 1 aromatic rings.